The number of rotatable bonds is 7. The van der Waals surface area contributed by atoms with Crippen LogP contribution >= 0.6 is 15.9 Å². The maximum Gasteiger partial charge on any atom is 0.126 e. The topological polar surface area (TPSA) is 41.5 Å². The average Bonchev–Trinajstić information content (AvgIpc) is 3.18. The Morgan fingerprint density at radius 2 is 2.21 bits per heavy atom. The first-order chi connectivity index (χ1) is 9.10. The first kappa shape index (κ1) is 14.8. The lowest BCUT2D eigenvalue weighted by Gasteiger charge is -2.17. The highest BCUT2D eigenvalue weighted by Gasteiger charge is 2.21. The van der Waals surface area contributed by atoms with Crippen LogP contribution in [-0.4, -0.2) is 24.4 Å². The van der Waals surface area contributed by atoms with Crippen molar-refractivity contribution in [3.8, 4) is 5.75 Å². The molecule has 1 aromatic rings. The summed E-state index contributed by atoms with van der Waals surface area (Å²) in [5.41, 5.74) is 2.32. The maximum absolute atomic E-state index is 9.08. The van der Waals surface area contributed by atoms with E-state index in [4.69, 9.17) is 9.84 Å². The zero-order valence-electron chi connectivity index (χ0n) is 11.6. The first-order valence-corrected chi connectivity index (χ1v) is 7.65. The summed E-state index contributed by atoms with van der Waals surface area (Å²) < 4.78 is 6.99. The van der Waals surface area contributed by atoms with Crippen LogP contribution in [-0.2, 0) is 6.54 Å². The SMILES string of the molecule is Cc1cc(Br)cc(CNC2CC2)c1OCC(C)CO. The van der Waals surface area contributed by atoms with Crippen LogP contribution in [0, 0.1) is 12.8 Å². The Morgan fingerprint density at radius 1 is 1.47 bits per heavy atom. The maximum atomic E-state index is 9.08. The molecule has 0 spiro atoms. The lowest BCUT2D eigenvalue weighted by Crippen LogP contribution is -2.18. The normalized spacial score (nSPS) is 16.4. The van der Waals surface area contributed by atoms with E-state index in [2.05, 4.69) is 40.3 Å². The summed E-state index contributed by atoms with van der Waals surface area (Å²) in [6, 6.07) is 4.87. The highest BCUT2D eigenvalue weighted by molar-refractivity contribution is 9.10. The minimum atomic E-state index is 0.158. The standard InChI is InChI=1S/C15H22BrNO2/c1-10(8-18)9-19-15-11(2)5-13(16)6-12(15)7-17-14-3-4-14/h5-6,10,14,17-18H,3-4,7-9H2,1-2H3. The summed E-state index contributed by atoms with van der Waals surface area (Å²) in [5.74, 6) is 1.11. The van der Waals surface area contributed by atoms with E-state index < -0.39 is 0 Å². The van der Waals surface area contributed by atoms with Crippen LogP contribution in [0.5, 0.6) is 5.75 Å². The molecule has 1 aromatic carbocycles. The van der Waals surface area contributed by atoms with Crippen LogP contribution in [0.25, 0.3) is 0 Å². The predicted molar refractivity (Wildman–Crippen MR) is 80.5 cm³/mol. The quantitative estimate of drug-likeness (QED) is 0.808. The minimum absolute atomic E-state index is 0.158. The van der Waals surface area contributed by atoms with E-state index in [-0.39, 0.29) is 12.5 Å². The lowest BCUT2D eigenvalue weighted by molar-refractivity contribution is 0.173. The van der Waals surface area contributed by atoms with E-state index in [0.29, 0.717) is 12.6 Å². The summed E-state index contributed by atoms with van der Waals surface area (Å²) in [4.78, 5) is 0. The Labute approximate surface area is 123 Å². The van der Waals surface area contributed by atoms with Gasteiger partial charge in [-0.3, -0.25) is 0 Å². The second-order valence-corrected chi connectivity index (χ2v) is 6.38. The smallest absolute Gasteiger partial charge is 0.126 e. The number of hydrogen-bond donors (Lipinski definition) is 2. The summed E-state index contributed by atoms with van der Waals surface area (Å²) in [6.07, 6.45) is 2.56. The lowest BCUT2D eigenvalue weighted by atomic mass is 10.1. The molecule has 4 heteroatoms. The Bertz CT molecular complexity index is 432. The third kappa shape index (κ3) is 4.48. The molecule has 1 aliphatic carbocycles. The fraction of sp³-hybridized carbons (Fsp3) is 0.600. The molecular weight excluding hydrogens is 306 g/mol. The molecule has 2 rings (SSSR count). The third-order valence-corrected chi connectivity index (χ3v) is 3.76. The van der Waals surface area contributed by atoms with Crippen molar-refractivity contribution in [3.05, 3.63) is 27.7 Å². The van der Waals surface area contributed by atoms with Crippen molar-refractivity contribution in [2.24, 2.45) is 5.92 Å². The molecule has 0 saturated heterocycles. The van der Waals surface area contributed by atoms with Crippen molar-refractivity contribution in [1.82, 2.24) is 5.32 Å². The summed E-state index contributed by atoms with van der Waals surface area (Å²) in [6.45, 7) is 5.59. The van der Waals surface area contributed by atoms with Gasteiger partial charge in [-0.05, 0) is 37.5 Å². The molecule has 1 unspecified atom stereocenters. The van der Waals surface area contributed by atoms with Gasteiger partial charge in [0, 0.05) is 35.1 Å². The zero-order chi connectivity index (χ0) is 13.8. The van der Waals surface area contributed by atoms with Gasteiger partial charge < -0.3 is 15.2 Å². The van der Waals surface area contributed by atoms with Gasteiger partial charge in [-0.2, -0.15) is 0 Å². The largest absolute Gasteiger partial charge is 0.493 e. The molecule has 0 heterocycles. The van der Waals surface area contributed by atoms with E-state index in [1.165, 1.54) is 18.4 Å². The number of aliphatic hydroxyl groups excluding tert-OH is 1. The van der Waals surface area contributed by atoms with Gasteiger partial charge in [-0.25, -0.2) is 0 Å². The highest BCUT2D eigenvalue weighted by Crippen LogP contribution is 2.29. The van der Waals surface area contributed by atoms with Gasteiger partial charge in [0.2, 0.25) is 0 Å². The molecule has 106 valence electrons. The fourth-order valence-corrected chi connectivity index (χ4v) is 2.58. The molecular formula is C15H22BrNO2. The first-order valence-electron chi connectivity index (χ1n) is 6.86. The molecule has 0 aromatic heterocycles. The van der Waals surface area contributed by atoms with Crippen LogP contribution in [0.2, 0.25) is 0 Å². The molecule has 0 amide bonds. The molecule has 1 aliphatic rings. The number of benzene rings is 1. The van der Waals surface area contributed by atoms with E-state index in [1.807, 2.05) is 6.92 Å². The van der Waals surface area contributed by atoms with Crippen LogP contribution in [0.3, 0.4) is 0 Å². The molecule has 3 nitrogen and oxygen atoms in total. The number of hydrogen-bond acceptors (Lipinski definition) is 3. The number of ether oxygens (including phenoxy) is 1. The van der Waals surface area contributed by atoms with Crippen molar-refractivity contribution < 1.29 is 9.84 Å². The van der Waals surface area contributed by atoms with Gasteiger partial charge in [-0.15, -0.1) is 0 Å². The molecule has 0 aliphatic heterocycles. The minimum Gasteiger partial charge on any atom is -0.493 e. The van der Waals surface area contributed by atoms with Gasteiger partial charge in [0.15, 0.2) is 0 Å². The highest BCUT2D eigenvalue weighted by atomic mass is 79.9. The van der Waals surface area contributed by atoms with Crippen molar-refractivity contribution in [2.45, 2.75) is 39.3 Å². The van der Waals surface area contributed by atoms with Gasteiger partial charge in [0.1, 0.15) is 5.75 Å². The van der Waals surface area contributed by atoms with Crippen LogP contribution in [0.1, 0.15) is 30.9 Å². The van der Waals surface area contributed by atoms with Crippen LogP contribution < -0.4 is 10.1 Å². The van der Waals surface area contributed by atoms with E-state index in [9.17, 15) is 0 Å². The Hall–Kier alpha value is -0.580. The summed E-state index contributed by atoms with van der Waals surface area (Å²) >= 11 is 3.54. The number of halogens is 1. The summed E-state index contributed by atoms with van der Waals surface area (Å²) in [7, 11) is 0. The van der Waals surface area contributed by atoms with Gasteiger partial charge in [-0.1, -0.05) is 22.9 Å². The van der Waals surface area contributed by atoms with Crippen molar-refractivity contribution in [3.63, 3.8) is 0 Å². The molecule has 2 N–H and O–H groups in total. The van der Waals surface area contributed by atoms with E-state index in [1.54, 1.807) is 0 Å². The average molecular weight is 328 g/mol. The van der Waals surface area contributed by atoms with Crippen LogP contribution in [0.4, 0.5) is 0 Å². The predicted octanol–water partition coefficient (Wildman–Crippen LogP) is 3.02. The van der Waals surface area contributed by atoms with Gasteiger partial charge in [0.25, 0.3) is 0 Å². The number of aliphatic hydroxyl groups is 1. The van der Waals surface area contributed by atoms with Crippen molar-refractivity contribution >= 4 is 15.9 Å². The Balaban J connectivity index is 2.08. The molecule has 1 atom stereocenters. The van der Waals surface area contributed by atoms with E-state index in [0.717, 1.165) is 22.3 Å². The second kappa shape index (κ2) is 6.73. The number of nitrogens with one attached hydrogen (secondary N) is 1. The molecule has 19 heavy (non-hydrogen) atoms. The van der Waals surface area contributed by atoms with Crippen molar-refractivity contribution in [2.75, 3.05) is 13.2 Å². The fourth-order valence-electron chi connectivity index (χ4n) is 1.96. The van der Waals surface area contributed by atoms with Gasteiger partial charge in [0.05, 0.1) is 6.61 Å². The van der Waals surface area contributed by atoms with Gasteiger partial charge >= 0.3 is 0 Å². The Morgan fingerprint density at radius 3 is 2.84 bits per heavy atom. The molecule has 0 radical (unpaired) electrons. The number of aryl methyl sites for hydroxylation is 1. The van der Waals surface area contributed by atoms with Crippen molar-refractivity contribution in [1.29, 1.82) is 0 Å². The molecule has 1 fully saturated rings. The Kier molecular flexibility index (Phi) is 5.25. The zero-order valence-corrected chi connectivity index (χ0v) is 13.2. The molecule has 0 bridgehead atoms. The van der Waals surface area contributed by atoms with Crippen LogP contribution in [0.15, 0.2) is 16.6 Å². The summed E-state index contributed by atoms with van der Waals surface area (Å²) in [5, 5.41) is 12.6. The molecule has 1 saturated carbocycles. The van der Waals surface area contributed by atoms with E-state index >= 15 is 0 Å². The monoisotopic (exact) mass is 327 g/mol. The second-order valence-electron chi connectivity index (χ2n) is 5.46. The third-order valence-electron chi connectivity index (χ3n) is 3.30.